The maximum Gasteiger partial charge on any atom is 0.333 e. The van der Waals surface area contributed by atoms with Gasteiger partial charge in [-0.1, -0.05) is 141 Å². The Morgan fingerprint density at radius 1 is 0.471 bits per heavy atom. The maximum atomic E-state index is 7.25. The van der Waals surface area contributed by atoms with E-state index < -0.39 is 0 Å². The summed E-state index contributed by atoms with van der Waals surface area (Å²) in [6.07, 6.45) is 0. The first kappa shape index (κ1) is 39.7. The van der Waals surface area contributed by atoms with Crippen molar-refractivity contribution in [3.63, 3.8) is 0 Å². The predicted octanol–water partition coefficient (Wildman–Crippen LogP) is 16.1. The number of hydrogen-bond donors (Lipinski definition) is 0. The Morgan fingerprint density at radius 2 is 1.16 bits per heavy atom. The van der Waals surface area contributed by atoms with Gasteiger partial charge < -0.3 is 22.6 Å². The first-order valence-electron chi connectivity index (χ1n) is 24.1. The molecule has 6 heterocycles. The summed E-state index contributed by atoms with van der Waals surface area (Å²) in [5.74, 6) is 0.855. The molecule has 0 unspecified atom stereocenters. The smallest absolute Gasteiger partial charge is 0.333 e. The molecule has 5 nitrogen and oxygen atoms in total. The SMILES string of the molecule is CC(C)(C)c1ccc(N2B3c4cc5oc(-c6ccccc6)cc5cc4-n4c5ccc(C(C)(C)C)cc5c5c6oc7ccccc7c6c(c3c54)-c3cc4c(cc32)oc2cc(C(C)(C)C)ccc24)cc1. The van der Waals surface area contributed by atoms with Crippen molar-refractivity contribution in [3.8, 4) is 28.1 Å². The van der Waals surface area contributed by atoms with Crippen LogP contribution in [-0.4, -0.2) is 11.4 Å². The van der Waals surface area contributed by atoms with Crippen molar-refractivity contribution in [1.82, 2.24) is 4.57 Å². The molecule has 0 saturated heterocycles. The average Bonchev–Trinajstić information content (AvgIpc) is 4.09. The Kier molecular flexibility index (Phi) is 7.69. The van der Waals surface area contributed by atoms with E-state index in [-0.39, 0.29) is 23.1 Å². The molecule has 2 aliphatic heterocycles. The van der Waals surface area contributed by atoms with Gasteiger partial charge in [-0.25, -0.2) is 0 Å². The van der Waals surface area contributed by atoms with E-state index in [4.69, 9.17) is 13.3 Å². The summed E-state index contributed by atoms with van der Waals surface area (Å²) in [7, 11) is 0. The summed E-state index contributed by atoms with van der Waals surface area (Å²) < 4.78 is 23.7. The van der Waals surface area contributed by atoms with Crippen LogP contribution in [0.2, 0.25) is 0 Å². The van der Waals surface area contributed by atoms with Crippen molar-refractivity contribution in [2.45, 2.75) is 78.6 Å². The second-order valence-corrected chi connectivity index (χ2v) is 22.6. The summed E-state index contributed by atoms with van der Waals surface area (Å²) in [4.78, 5) is 2.60. The third-order valence-corrected chi connectivity index (χ3v) is 15.2. The standard InChI is InChI=1S/C62H51BN2O3/c1-60(2,3)36-19-23-39(24-20-36)65-47-33-53-42(40-25-21-38(62(7,8)9)30-52(40)67-53)31-44(47)54-55-41-17-13-14-18-49(41)68-59(55)56-43-29-37(61(4,5)6)22-26-46(43)64-48-27-35-28-50(34-15-11-10-12-16-34)66-51(35)32-45(48)63(65)57(54)58(56)64/h10-33H,1-9H3. The lowest BCUT2D eigenvalue weighted by atomic mass is 9.43. The molecule has 12 aromatic rings. The molecule has 0 spiro atoms. The molecule has 330 valence electrons. The molecule has 0 aliphatic carbocycles. The van der Waals surface area contributed by atoms with E-state index in [0.29, 0.717) is 0 Å². The molecule has 0 N–H and O–H groups in total. The molecular formula is C62H51BN2O3. The highest BCUT2D eigenvalue weighted by atomic mass is 16.3. The Morgan fingerprint density at radius 3 is 1.93 bits per heavy atom. The monoisotopic (exact) mass is 882 g/mol. The Hall–Kier alpha value is -7.44. The molecule has 0 atom stereocenters. The van der Waals surface area contributed by atoms with Crippen molar-refractivity contribution < 1.29 is 13.3 Å². The van der Waals surface area contributed by atoms with Crippen molar-refractivity contribution in [2.24, 2.45) is 0 Å². The predicted molar refractivity (Wildman–Crippen MR) is 286 cm³/mol. The fourth-order valence-corrected chi connectivity index (χ4v) is 11.7. The minimum absolute atomic E-state index is 0.0109. The van der Waals surface area contributed by atoms with Crippen LogP contribution in [-0.2, 0) is 16.2 Å². The van der Waals surface area contributed by atoms with Gasteiger partial charge in [-0.3, -0.25) is 0 Å². The zero-order chi connectivity index (χ0) is 46.3. The highest BCUT2D eigenvalue weighted by Gasteiger charge is 2.47. The highest BCUT2D eigenvalue weighted by Crippen LogP contribution is 2.53. The number of hydrogen-bond acceptors (Lipinski definition) is 4. The van der Waals surface area contributed by atoms with Gasteiger partial charge in [-0.15, -0.1) is 0 Å². The van der Waals surface area contributed by atoms with Crippen LogP contribution < -0.4 is 15.7 Å². The van der Waals surface area contributed by atoms with Crippen molar-refractivity contribution in [2.75, 3.05) is 4.81 Å². The van der Waals surface area contributed by atoms with Crippen LogP contribution >= 0.6 is 0 Å². The van der Waals surface area contributed by atoms with Gasteiger partial charge in [0.25, 0.3) is 0 Å². The lowest BCUT2D eigenvalue weighted by Gasteiger charge is -2.42. The van der Waals surface area contributed by atoms with E-state index in [1.54, 1.807) is 0 Å². The third kappa shape index (κ3) is 5.40. The summed E-state index contributed by atoms with van der Waals surface area (Å²) >= 11 is 0. The minimum Gasteiger partial charge on any atom is -0.456 e. The second kappa shape index (κ2) is 13.2. The van der Waals surface area contributed by atoms with Crippen molar-refractivity contribution in [3.05, 3.63) is 162 Å². The quantitative estimate of drug-likeness (QED) is 0.162. The Bertz CT molecular complexity index is 4140. The van der Waals surface area contributed by atoms with Crippen LogP contribution in [0.15, 0.2) is 159 Å². The number of anilines is 2. The van der Waals surface area contributed by atoms with Gasteiger partial charge in [0.05, 0.1) is 16.4 Å². The number of fused-ring (bicyclic) bond motifs is 17. The Labute approximate surface area is 395 Å². The van der Waals surface area contributed by atoms with Gasteiger partial charge in [-0.05, 0) is 110 Å². The van der Waals surface area contributed by atoms with Crippen molar-refractivity contribution in [1.29, 1.82) is 0 Å². The summed E-state index contributed by atoms with van der Waals surface area (Å²) in [5.41, 5.74) is 19.7. The number of para-hydroxylation sites is 1. The molecule has 4 aromatic heterocycles. The molecule has 8 aromatic carbocycles. The molecule has 6 heteroatoms. The zero-order valence-corrected chi connectivity index (χ0v) is 40.1. The molecule has 0 amide bonds. The number of furan rings is 3. The van der Waals surface area contributed by atoms with Gasteiger partial charge in [0.15, 0.2) is 0 Å². The molecular weight excluding hydrogens is 832 g/mol. The zero-order valence-electron chi connectivity index (χ0n) is 40.1. The topological polar surface area (TPSA) is 47.6 Å². The minimum atomic E-state index is -0.253. The van der Waals surface area contributed by atoms with Crippen LogP contribution in [0.1, 0.15) is 79.0 Å². The van der Waals surface area contributed by atoms with Crippen LogP contribution in [0.25, 0.3) is 105 Å². The van der Waals surface area contributed by atoms with Gasteiger partial charge in [0.2, 0.25) is 0 Å². The molecule has 68 heavy (non-hydrogen) atoms. The average molecular weight is 883 g/mol. The van der Waals surface area contributed by atoms with Gasteiger partial charge in [0, 0.05) is 66.6 Å². The molecule has 0 radical (unpaired) electrons. The van der Waals surface area contributed by atoms with E-state index >= 15 is 0 Å². The van der Waals surface area contributed by atoms with Crippen LogP contribution in [0.4, 0.5) is 11.4 Å². The summed E-state index contributed by atoms with van der Waals surface area (Å²) in [5, 5.41) is 7.89. The lowest BCUT2D eigenvalue weighted by Crippen LogP contribution is -2.60. The number of aromatic nitrogens is 1. The first-order valence-corrected chi connectivity index (χ1v) is 24.1. The number of benzene rings is 8. The molecule has 0 fully saturated rings. The molecule has 2 aliphatic rings. The first-order chi connectivity index (χ1) is 32.6. The summed E-state index contributed by atoms with van der Waals surface area (Å²) in [6.45, 7) is 20.3. The number of nitrogens with zero attached hydrogens (tertiary/aromatic N) is 2. The lowest BCUT2D eigenvalue weighted by molar-refractivity contribution is 0.587. The third-order valence-electron chi connectivity index (χ3n) is 15.2. The van der Waals surface area contributed by atoms with Crippen LogP contribution in [0.5, 0.6) is 0 Å². The van der Waals surface area contributed by atoms with Gasteiger partial charge in [-0.2, -0.15) is 0 Å². The molecule has 0 saturated carbocycles. The van der Waals surface area contributed by atoms with E-state index in [1.807, 2.05) is 0 Å². The Balaban J connectivity index is 1.19. The largest absolute Gasteiger partial charge is 0.456 e. The molecule has 14 rings (SSSR count). The van der Waals surface area contributed by atoms with Crippen molar-refractivity contribution >= 4 is 106 Å². The second-order valence-electron chi connectivity index (χ2n) is 22.6. The van der Waals surface area contributed by atoms with Crippen LogP contribution in [0, 0.1) is 0 Å². The highest BCUT2D eigenvalue weighted by molar-refractivity contribution is 6.94. The number of rotatable bonds is 2. The van der Waals surface area contributed by atoms with E-state index in [9.17, 15) is 0 Å². The van der Waals surface area contributed by atoms with E-state index in [2.05, 4.69) is 217 Å². The normalized spacial score (nSPS) is 13.9. The van der Waals surface area contributed by atoms with E-state index in [0.717, 1.165) is 99.7 Å². The van der Waals surface area contributed by atoms with Gasteiger partial charge in [0.1, 0.15) is 33.7 Å². The van der Waals surface area contributed by atoms with Gasteiger partial charge >= 0.3 is 6.85 Å². The van der Waals surface area contributed by atoms with E-state index in [1.165, 1.54) is 44.1 Å². The fourth-order valence-electron chi connectivity index (χ4n) is 11.7. The maximum absolute atomic E-state index is 7.25. The fraction of sp³-hybridized carbons (Fsp3) is 0.194. The summed E-state index contributed by atoms with van der Waals surface area (Å²) in [6, 6.07) is 53.9. The van der Waals surface area contributed by atoms with Crippen LogP contribution in [0.3, 0.4) is 0 Å². The molecule has 0 bridgehead atoms.